The summed E-state index contributed by atoms with van der Waals surface area (Å²) in [5.41, 5.74) is 9.16. The first-order chi connectivity index (χ1) is 17.3. The van der Waals surface area contributed by atoms with Crippen LogP contribution in [0.25, 0.3) is 11.6 Å². The summed E-state index contributed by atoms with van der Waals surface area (Å²) >= 11 is 0. The van der Waals surface area contributed by atoms with Crippen molar-refractivity contribution in [2.45, 2.75) is 25.7 Å². The topological polar surface area (TPSA) is 37.4 Å². The van der Waals surface area contributed by atoms with E-state index >= 15 is 0 Å². The van der Waals surface area contributed by atoms with Crippen LogP contribution in [0.5, 0.6) is 0 Å². The van der Waals surface area contributed by atoms with Crippen molar-refractivity contribution in [1.82, 2.24) is 0 Å². The molecule has 0 saturated carbocycles. The lowest BCUT2D eigenvalue weighted by Gasteiger charge is -2.31. The maximum Gasteiger partial charge on any atom is 0.183 e. The van der Waals surface area contributed by atoms with Crippen molar-refractivity contribution in [1.29, 1.82) is 0 Å². The third kappa shape index (κ3) is 4.65. The monoisotopic (exact) mass is 491 g/mol. The van der Waals surface area contributed by atoms with Crippen LogP contribution in [0.3, 0.4) is 0 Å². The van der Waals surface area contributed by atoms with Crippen LogP contribution in [0.15, 0.2) is 114 Å². The largest absolute Gasteiger partial charge is 0.312 e. The van der Waals surface area contributed by atoms with Gasteiger partial charge in [0.1, 0.15) is 0 Å². The van der Waals surface area contributed by atoms with Crippen molar-refractivity contribution in [2.75, 3.05) is 10.7 Å². The lowest BCUT2D eigenvalue weighted by atomic mass is 10.0. The molecule has 4 aromatic rings. The van der Waals surface area contributed by atoms with Crippen LogP contribution >= 0.6 is 0 Å². The zero-order valence-corrected chi connectivity index (χ0v) is 21.6. The highest BCUT2D eigenvalue weighted by atomic mass is 32.2. The van der Waals surface area contributed by atoms with Crippen molar-refractivity contribution in [3.05, 3.63) is 137 Å². The number of rotatable bonds is 5. The Morgan fingerprint density at radius 3 is 1.94 bits per heavy atom. The fraction of sp³-hybridized carbons (Fsp3) is 0.125. The number of hydrogen-bond donors (Lipinski definition) is 0. The molecule has 0 fully saturated rings. The summed E-state index contributed by atoms with van der Waals surface area (Å²) in [6.07, 6.45) is 4.19. The average Bonchev–Trinajstić information content (AvgIpc) is 3.01. The Labute approximate surface area is 214 Å². The molecule has 0 atom stereocenters. The number of nitrogens with zero attached hydrogens (tertiary/aromatic N) is 1. The molecule has 0 amide bonds. The molecule has 5 rings (SSSR count). The van der Waals surface area contributed by atoms with Gasteiger partial charge in [-0.25, -0.2) is 8.42 Å². The number of hydrogen-bond acceptors (Lipinski definition) is 3. The van der Waals surface area contributed by atoms with Gasteiger partial charge in [0.05, 0.1) is 22.0 Å². The minimum atomic E-state index is -3.60. The second-order valence-electron chi connectivity index (χ2n) is 9.32. The third-order valence-corrected chi connectivity index (χ3v) is 8.17. The number of allylic oxidation sites excluding steroid dienone is 2. The van der Waals surface area contributed by atoms with E-state index in [1.165, 1.54) is 5.56 Å². The van der Waals surface area contributed by atoms with Crippen LogP contribution in [-0.2, 0) is 9.84 Å². The van der Waals surface area contributed by atoms with Crippen molar-refractivity contribution >= 4 is 32.9 Å². The van der Waals surface area contributed by atoms with E-state index in [0.717, 1.165) is 39.2 Å². The molecule has 180 valence electrons. The summed E-state index contributed by atoms with van der Waals surface area (Å²) in [6.45, 7) is 6.28. The summed E-state index contributed by atoms with van der Waals surface area (Å²) in [5, 5.41) is 0. The Balaban J connectivity index is 1.78. The standard InChI is InChI=1S/C32H29NO2S/c1-23-18-24(2)32(25(3)19-23)33-29(22-36(34,35)30-15-8-5-9-16-30)21-28(26-12-6-4-7-13-26)20-27-14-10-11-17-31(27)33/h4-21H,22H2,1-3H3. The molecule has 1 heterocycles. The molecule has 0 saturated heterocycles. The van der Waals surface area contributed by atoms with Crippen molar-refractivity contribution in [2.24, 2.45) is 0 Å². The van der Waals surface area contributed by atoms with Gasteiger partial charge >= 0.3 is 0 Å². The van der Waals surface area contributed by atoms with Crippen LogP contribution in [-0.4, -0.2) is 14.2 Å². The summed E-state index contributed by atoms with van der Waals surface area (Å²) in [6, 6.07) is 31.3. The van der Waals surface area contributed by atoms with Crippen molar-refractivity contribution < 1.29 is 8.42 Å². The summed E-state index contributed by atoms with van der Waals surface area (Å²) in [4.78, 5) is 2.47. The number of fused-ring (bicyclic) bond motifs is 1. The fourth-order valence-corrected chi connectivity index (χ4v) is 6.36. The van der Waals surface area contributed by atoms with E-state index in [-0.39, 0.29) is 5.75 Å². The van der Waals surface area contributed by atoms with Crippen LogP contribution in [0, 0.1) is 20.8 Å². The highest BCUT2D eigenvalue weighted by Crippen LogP contribution is 2.42. The zero-order valence-electron chi connectivity index (χ0n) is 20.8. The molecule has 4 heteroatoms. The fourth-order valence-electron chi connectivity index (χ4n) is 5.02. The Morgan fingerprint density at radius 1 is 0.694 bits per heavy atom. The lowest BCUT2D eigenvalue weighted by Crippen LogP contribution is -2.25. The van der Waals surface area contributed by atoms with Gasteiger partial charge in [-0.05, 0) is 78.9 Å². The first kappa shape index (κ1) is 23.8. The molecule has 0 spiro atoms. The van der Waals surface area contributed by atoms with E-state index in [4.69, 9.17) is 0 Å². The number of para-hydroxylation sites is 1. The van der Waals surface area contributed by atoms with E-state index in [2.05, 4.69) is 68.1 Å². The first-order valence-electron chi connectivity index (χ1n) is 12.1. The Bertz CT molecular complexity index is 1560. The molecule has 3 nitrogen and oxygen atoms in total. The normalized spacial score (nSPS) is 13.5. The van der Waals surface area contributed by atoms with Crippen LogP contribution < -0.4 is 4.90 Å². The molecule has 0 unspecified atom stereocenters. The minimum Gasteiger partial charge on any atom is -0.312 e. The lowest BCUT2D eigenvalue weighted by molar-refractivity contribution is 0.598. The Kier molecular flexibility index (Phi) is 6.38. The summed E-state index contributed by atoms with van der Waals surface area (Å²) in [7, 11) is -3.60. The number of anilines is 2. The van der Waals surface area contributed by atoms with Crippen LogP contribution in [0.1, 0.15) is 27.8 Å². The maximum absolute atomic E-state index is 13.7. The van der Waals surface area contributed by atoms with Gasteiger partial charge in [0.2, 0.25) is 0 Å². The van der Waals surface area contributed by atoms with Gasteiger partial charge < -0.3 is 4.90 Å². The van der Waals surface area contributed by atoms with Gasteiger partial charge in [0, 0.05) is 5.70 Å². The van der Waals surface area contributed by atoms with Gasteiger partial charge in [-0.3, -0.25) is 0 Å². The number of benzene rings is 4. The zero-order chi connectivity index (χ0) is 25.3. The quantitative estimate of drug-likeness (QED) is 0.288. The average molecular weight is 492 g/mol. The number of sulfone groups is 1. The van der Waals surface area contributed by atoms with Gasteiger partial charge in [0.25, 0.3) is 0 Å². The van der Waals surface area contributed by atoms with Crippen molar-refractivity contribution in [3.8, 4) is 0 Å². The van der Waals surface area contributed by atoms with E-state index in [9.17, 15) is 8.42 Å². The van der Waals surface area contributed by atoms with E-state index < -0.39 is 9.84 Å². The summed E-state index contributed by atoms with van der Waals surface area (Å²) in [5.74, 6) is -0.123. The van der Waals surface area contributed by atoms with E-state index in [1.54, 1.807) is 24.3 Å². The second kappa shape index (κ2) is 9.63. The van der Waals surface area contributed by atoms with Gasteiger partial charge in [-0.15, -0.1) is 0 Å². The molecule has 36 heavy (non-hydrogen) atoms. The molecule has 1 aliphatic heterocycles. The SMILES string of the molecule is Cc1cc(C)c(N2C(CS(=O)(=O)c3ccccc3)=CC(c3ccccc3)=Cc3ccccc32)c(C)c1. The maximum atomic E-state index is 13.7. The van der Waals surface area contributed by atoms with Gasteiger partial charge in [0.15, 0.2) is 9.84 Å². The Morgan fingerprint density at radius 2 is 1.28 bits per heavy atom. The molecule has 4 aromatic carbocycles. The minimum absolute atomic E-state index is 0.123. The highest BCUT2D eigenvalue weighted by molar-refractivity contribution is 7.91. The van der Waals surface area contributed by atoms with Crippen LogP contribution in [0.4, 0.5) is 11.4 Å². The molecule has 0 bridgehead atoms. The Hall–Kier alpha value is -3.89. The molecular formula is C32H29NO2S. The molecule has 0 N–H and O–H groups in total. The highest BCUT2D eigenvalue weighted by Gasteiger charge is 2.28. The third-order valence-electron chi connectivity index (χ3n) is 6.50. The van der Waals surface area contributed by atoms with Gasteiger partial charge in [-0.2, -0.15) is 0 Å². The predicted octanol–water partition coefficient (Wildman–Crippen LogP) is 7.66. The smallest absolute Gasteiger partial charge is 0.183 e. The molecule has 0 aromatic heterocycles. The molecule has 0 radical (unpaired) electrons. The van der Waals surface area contributed by atoms with E-state index in [0.29, 0.717) is 10.6 Å². The van der Waals surface area contributed by atoms with Crippen LogP contribution in [0.2, 0.25) is 0 Å². The second-order valence-corrected chi connectivity index (χ2v) is 11.3. The van der Waals surface area contributed by atoms with Gasteiger partial charge in [-0.1, -0.05) is 84.4 Å². The number of aryl methyl sites for hydroxylation is 3. The summed E-state index contributed by atoms with van der Waals surface area (Å²) < 4.78 is 27.4. The molecule has 0 aliphatic carbocycles. The first-order valence-corrected chi connectivity index (χ1v) is 13.7. The predicted molar refractivity (Wildman–Crippen MR) is 150 cm³/mol. The molecular weight excluding hydrogens is 462 g/mol. The van der Waals surface area contributed by atoms with E-state index in [1.807, 2.05) is 42.5 Å². The van der Waals surface area contributed by atoms with Crippen molar-refractivity contribution in [3.63, 3.8) is 0 Å². The molecule has 1 aliphatic rings.